The van der Waals surface area contributed by atoms with Crippen LogP contribution in [-0.2, 0) is 11.2 Å². The van der Waals surface area contributed by atoms with Crippen molar-refractivity contribution in [3.63, 3.8) is 0 Å². The summed E-state index contributed by atoms with van der Waals surface area (Å²) in [5.74, 6) is 0.0525. The first-order chi connectivity index (χ1) is 11.9. The van der Waals surface area contributed by atoms with Crippen molar-refractivity contribution in [2.45, 2.75) is 13.3 Å². The quantitative estimate of drug-likeness (QED) is 0.453. The second-order valence-corrected chi connectivity index (χ2v) is 5.70. The Labute approximate surface area is 150 Å². The van der Waals surface area contributed by atoms with Gasteiger partial charge in [-0.25, -0.2) is 0 Å². The molecule has 0 aromatic heterocycles. The zero-order valence-electron chi connectivity index (χ0n) is 13.6. The van der Waals surface area contributed by atoms with Crippen LogP contribution in [-0.4, -0.2) is 17.4 Å². The minimum atomic E-state index is -0.481. The molecule has 0 radical (unpaired) electrons. The molecule has 0 spiro atoms. The molecule has 2 aromatic carbocycles. The van der Waals surface area contributed by atoms with Gasteiger partial charge in [0.2, 0.25) is 0 Å². The molecule has 0 saturated heterocycles. The van der Waals surface area contributed by atoms with Crippen LogP contribution in [0.25, 0.3) is 0 Å². The maximum absolute atomic E-state index is 12.1. The molecule has 0 aliphatic heterocycles. The molecule has 0 fully saturated rings. The fourth-order valence-electron chi connectivity index (χ4n) is 2.21. The molecule has 0 bridgehead atoms. The van der Waals surface area contributed by atoms with E-state index < -0.39 is 4.92 Å². The molecule has 0 heterocycles. The van der Waals surface area contributed by atoms with Gasteiger partial charge in [-0.05, 0) is 37.1 Å². The normalized spacial score (nSPS) is 10.2. The summed E-state index contributed by atoms with van der Waals surface area (Å²) < 4.78 is 5.51. The Morgan fingerprint density at radius 2 is 2.16 bits per heavy atom. The minimum Gasteiger partial charge on any atom is -0.483 e. The van der Waals surface area contributed by atoms with Gasteiger partial charge in [0.1, 0.15) is 5.75 Å². The van der Waals surface area contributed by atoms with Gasteiger partial charge in [-0.15, -0.1) is 6.58 Å². The molecular weight excluding hydrogens is 344 g/mol. The maximum atomic E-state index is 12.1. The molecule has 25 heavy (non-hydrogen) atoms. The van der Waals surface area contributed by atoms with Crippen molar-refractivity contribution in [2.24, 2.45) is 0 Å². The Hall–Kier alpha value is -2.86. The second-order valence-electron chi connectivity index (χ2n) is 5.29. The number of benzene rings is 2. The third-order valence-corrected chi connectivity index (χ3v) is 3.93. The van der Waals surface area contributed by atoms with E-state index in [1.54, 1.807) is 31.2 Å². The summed E-state index contributed by atoms with van der Waals surface area (Å²) in [5, 5.41) is 14.1. The maximum Gasteiger partial charge on any atom is 0.269 e. The van der Waals surface area contributed by atoms with Crippen LogP contribution in [0.15, 0.2) is 49.1 Å². The van der Waals surface area contributed by atoms with Gasteiger partial charge in [0.05, 0.1) is 4.92 Å². The number of hydrogen-bond donors (Lipinski definition) is 1. The van der Waals surface area contributed by atoms with Crippen molar-refractivity contribution in [2.75, 3.05) is 11.9 Å². The molecule has 0 saturated carbocycles. The van der Waals surface area contributed by atoms with Crippen LogP contribution in [0, 0.1) is 17.0 Å². The Morgan fingerprint density at radius 1 is 1.40 bits per heavy atom. The van der Waals surface area contributed by atoms with E-state index in [9.17, 15) is 14.9 Å². The first-order valence-electron chi connectivity index (χ1n) is 7.48. The lowest BCUT2D eigenvalue weighted by molar-refractivity contribution is -0.384. The Kier molecular flexibility index (Phi) is 6.14. The highest BCUT2D eigenvalue weighted by Crippen LogP contribution is 2.26. The summed E-state index contributed by atoms with van der Waals surface area (Å²) in [6, 6.07) is 9.45. The van der Waals surface area contributed by atoms with Gasteiger partial charge in [0.15, 0.2) is 6.61 Å². The van der Waals surface area contributed by atoms with Crippen LogP contribution < -0.4 is 10.1 Å². The highest BCUT2D eigenvalue weighted by atomic mass is 35.5. The van der Waals surface area contributed by atoms with Gasteiger partial charge in [0, 0.05) is 28.4 Å². The number of nitrogens with one attached hydrogen (secondary N) is 1. The number of carbonyl (C=O) groups excluding carboxylic acids is 1. The van der Waals surface area contributed by atoms with Crippen molar-refractivity contribution in [3.8, 4) is 5.75 Å². The number of nitro benzene ring substituents is 1. The second kappa shape index (κ2) is 8.30. The Bertz CT molecular complexity index is 821. The first-order valence-corrected chi connectivity index (χ1v) is 7.86. The van der Waals surface area contributed by atoms with Crippen molar-refractivity contribution < 1.29 is 14.5 Å². The summed E-state index contributed by atoms with van der Waals surface area (Å²) in [4.78, 5) is 22.5. The number of carbonyl (C=O) groups is 1. The highest BCUT2D eigenvalue weighted by molar-refractivity contribution is 6.31. The third kappa shape index (κ3) is 4.81. The van der Waals surface area contributed by atoms with Crippen molar-refractivity contribution in [1.29, 1.82) is 0 Å². The van der Waals surface area contributed by atoms with E-state index in [4.69, 9.17) is 16.3 Å². The molecule has 7 heteroatoms. The van der Waals surface area contributed by atoms with Gasteiger partial charge >= 0.3 is 0 Å². The molecule has 130 valence electrons. The SMILES string of the molecule is C=CCc1cc([N+](=O)[O-])ccc1OCC(=O)Nc1cccc(Cl)c1C. The molecule has 1 N–H and O–H groups in total. The van der Waals surface area contributed by atoms with E-state index >= 15 is 0 Å². The molecule has 0 aliphatic rings. The number of rotatable bonds is 7. The molecule has 0 unspecified atom stereocenters. The predicted octanol–water partition coefficient (Wildman–Crippen LogP) is 4.30. The zero-order chi connectivity index (χ0) is 18.4. The molecule has 6 nitrogen and oxygen atoms in total. The van der Waals surface area contributed by atoms with Crippen LogP contribution in [0.2, 0.25) is 5.02 Å². The van der Waals surface area contributed by atoms with Crippen molar-refractivity contribution in [1.82, 2.24) is 0 Å². The molecule has 2 rings (SSSR count). The number of nitrogens with zero attached hydrogens (tertiary/aromatic N) is 1. The number of non-ortho nitro benzene ring substituents is 1. The zero-order valence-corrected chi connectivity index (χ0v) is 14.4. The summed E-state index contributed by atoms with van der Waals surface area (Å²) in [6.45, 7) is 5.20. The van der Waals surface area contributed by atoms with E-state index in [0.29, 0.717) is 28.4 Å². The summed E-state index contributed by atoms with van der Waals surface area (Å²) >= 11 is 6.02. The van der Waals surface area contributed by atoms with Gasteiger partial charge in [-0.2, -0.15) is 0 Å². The van der Waals surface area contributed by atoms with Crippen LogP contribution in [0.5, 0.6) is 5.75 Å². The average molecular weight is 361 g/mol. The van der Waals surface area contributed by atoms with Crippen LogP contribution >= 0.6 is 11.6 Å². The standard InChI is InChI=1S/C18H17ClN2O4/c1-3-5-13-10-14(21(23)24)8-9-17(13)25-11-18(22)20-16-7-4-6-15(19)12(16)2/h3-4,6-10H,1,5,11H2,2H3,(H,20,22). The van der Waals surface area contributed by atoms with Gasteiger partial charge in [-0.3, -0.25) is 14.9 Å². The number of anilines is 1. The van der Waals surface area contributed by atoms with Crippen LogP contribution in [0.1, 0.15) is 11.1 Å². The van der Waals surface area contributed by atoms with Gasteiger partial charge < -0.3 is 10.1 Å². The van der Waals surface area contributed by atoms with Crippen LogP contribution in [0.3, 0.4) is 0 Å². The number of amides is 1. The van der Waals surface area contributed by atoms with Crippen molar-refractivity contribution in [3.05, 3.63) is 75.3 Å². The average Bonchev–Trinajstić information content (AvgIpc) is 2.58. The smallest absolute Gasteiger partial charge is 0.269 e. The predicted molar refractivity (Wildman–Crippen MR) is 97.3 cm³/mol. The topological polar surface area (TPSA) is 81.5 Å². The Morgan fingerprint density at radius 3 is 2.84 bits per heavy atom. The monoisotopic (exact) mass is 360 g/mol. The lowest BCUT2D eigenvalue weighted by atomic mass is 10.1. The molecule has 0 aliphatic carbocycles. The van der Waals surface area contributed by atoms with E-state index in [2.05, 4.69) is 11.9 Å². The van der Waals surface area contributed by atoms with Crippen LogP contribution in [0.4, 0.5) is 11.4 Å². The summed E-state index contributed by atoms with van der Waals surface area (Å²) in [6.07, 6.45) is 2.01. The highest BCUT2D eigenvalue weighted by Gasteiger charge is 2.13. The van der Waals surface area contributed by atoms with E-state index in [-0.39, 0.29) is 18.2 Å². The van der Waals surface area contributed by atoms with E-state index in [1.807, 2.05) is 0 Å². The Balaban J connectivity index is 2.07. The lowest BCUT2D eigenvalue weighted by Crippen LogP contribution is -2.21. The summed E-state index contributed by atoms with van der Waals surface area (Å²) in [5.41, 5.74) is 1.93. The number of halogens is 1. The van der Waals surface area contributed by atoms with Gasteiger partial charge in [-0.1, -0.05) is 23.7 Å². The van der Waals surface area contributed by atoms with E-state index in [1.165, 1.54) is 18.2 Å². The summed E-state index contributed by atoms with van der Waals surface area (Å²) in [7, 11) is 0. The van der Waals surface area contributed by atoms with Crippen molar-refractivity contribution >= 4 is 28.9 Å². The fraction of sp³-hybridized carbons (Fsp3) is 0.167. The molecule has 2 aromatic rings. The largest absolute Gasteiger partial charge is 0.483 e. The number of ether oxygens (including phenoxy) is 1. The molecule has 1 amide bonds. The number of allylic oxidation sites excluding steroid dienone is 1. The minimum absolute atomic E-state index is 0.0387. The third-order valence-electron chi connectivity index (χ3n) is 3.52. The first kappa shape index (κ1) is 18.5. The van der Waals surface area contributed by atoms with E-state index in [0.717, 1.165) is 5.56 Å². The molecule has 0 atom stereocenters. The van der Waals surface area contributed by atoms with Gasteiger partial charge in [0.25, 0.3) is 11.6 Å². The fourth-order valence-corrected chi connectivity index (χ4v) is 2.38. The molecular formula is C18H17ClN2O4. The lowest BCUT2D eigenvalue weighted by Gasteiger charge is -2.12. The number of hydrogen-bond acceptors (Lipinski definition) is 4. The number of nitro groups is 1.